The molecule has 0 bridgehead atoms. The van der Waals surface area contributed by atoms with Crippen molar-refractivity contribution in [3.63, 3.8) is 0 Å². The Kier molecular flexibility index (Phi) is 7.93. The number of halogens is 2. The van der Waals surface area contributed by atoms with Crippen LogP contribution in [0.15, 0.2) is 24.4 Å². The summed E-state index contributed by atoms with van der Waals surface area (Å²) in [4.78, 5) is 33.9. The Morgan fingerprint density at radius 3 is 2.58 bits per heavy atom. The molecular weight excluding hydrogens is 459 g/mol. The highest BCUT2D eigenvalue weighted by Gasteiger charge is 2.33. The highest BCUT2D eigenvalue weighted by atomic mass is 35.5. The van der Waals surface area contributed by atoms with Gasteiger partial charge in [-0.1, -0.05) is 29.3 Å². The second-order valence-electron chi connectivity index (χ2n) is 8.15. The van der Waals surface area contributed by atoms with Gasteiger partial charge < -0.3 is 15.3 Å². The zero-order valence-corrected chi connectivity index (χ0v) is 19.9. The van der Waals surface area contributed by atoms with Crippen LogP contribution in [0.1, 0.15) is 34.1 Å². The number of carbonyl (C=O) groups excluding carboxylic acids is 2. The summed E-state index contributed by atoms with van der Waals surface area (Å²) in [6.45, 7) is 6.96. The molecule has 1 aromatic carbocycles. The number of thiazole rings is 1. The Hall–Kier alpha value is -1.71. The first-order valence-corrected chi connectivity index (χ1v) is 11.6. The van der Waals surface area contributed by atoms with Gasteiger partial charge in [-0.05, 0) is 31.5 Å². The monoisotopic (exact) mass is 484 g/mol. The van der Waals surface area contributed by atoms with Crippen LogP contribution in [0, 0.1) is 5.41 Å². The fourth-order valence-electron chi connectivity index (χ4n) is 3.21. The molecule has 1 aliphatic heterocycles. The Bertz CT molecular complexity index is 942. The van der Waals surface area contributed by atoms with Crippen LogP contribution in [-0.4, -0.2) is 64.5 Å². The Morgan fingerprint density at radius 2 is 1.94 bits per heavy atom. The van der Waals surface area contributed by atoms with Crippen LogP contribution >= 0.6 is 34.5 Å². The number of rotatable bonds is 7. The molecule has 0 unspecified atom stereocenters. The van der Waals surface area contributed by atoms with Gasteiger partial charge in [0.05, 0.1) is 24.8 Å². The van der Waals surface area contributed by atoms with Crippen molar-refractivity contribution in [1.29, 1.82) is 0 Å². The van der Waals surface area contributed by atoms with Crippen LogP contribution in [0.3, 0.4) is 0 Å². The van der Waals surface area contributed by atoms with Gasteiger partial charge >= 0.3 is 0 Å². The van der Waals surface area contributed by atoms with Crippen molar-refractivity contribution in [3.05, 3.63) is 49.9 Å². The molecule has 2 heterocycles. The summed E-state index contributed by atoms with van der Waals surface area (Å²) in [5, 5.41) is 14.2. The summed E-state index contributed by atoms with van der Waals surface area (Å²) in [7, 11) is 0. The van der Waals surface area contributed by atoms with Gasteiger partial charge in [-0.15, -0.1) is 11.3 Å². The average molecular weight is 485 g/mol. The summed E-state index contributed by atoms with van der Waals surface area (Å²) in [5.41, 5.74) is 0.0386. The van der Waals surface area contributed by atoms with Crippen molar-refractivity contribution in [1.82, 2.24) is 20.1 Å². The van der Waals surface area contributed by atoms with E-state index in [1.165, 1.54) is 11.3 Å². The minimum atomic E-state index is -0.754. The molecule has 2 aromatic rings. The second kappa shape index (κ2) is 10.3. The molecule has 0 radical (unpaired) electrons. The van der Waals surface area contributed by atoms with Gasteiger partial charge in [0.2, 0.25) is 5.91 Å². The summed E-state index contributed by atoms with van der Waals surface area (Å²) in [6, 6.07) is 5.17. The number of benzene rings is 1. The zero-order valence-electron chi connectivity index (χ0n) is 17.5. The van der Waals surface area contributed by atoms with E-state index < -0.39 is 5.41 Å². The SMILES string of the molecule is CC(C)(CO)C(=O)N1CCN(Cc2ncc(C(=O)NCc3ccc(Cl)cc3Cl)s2)CC1. The van der Waals surface area contributed by atoms with E-state index in [1.54, 1.807) is 43.1 Å². The molecule has 1 aromatic heterocycles. The second-order valence-corrected chi connectivity index (χ2v) is 10.1. The average Bonchev–Trinajstić information content (AvgIpc) is 3.21. The van der Waals surface area contributed by atoms with Crippen molar-refractivity contribution >= 4 is 46.4 Å². The largest absolute Gasteiger partial charge is 0.395 e. The molecule has 1 aliphatic rings. The summed E-state index contributed by atoms with van der Waals surface area (Å²) < 4.78 is 0. The van der Waals surface area contributed by atoms with E-state index >= 15 is 0 Å². The van der Waals surface area contributed by atoms with E-state index in [0.29, 0.717) is 41.1 Å². The number of nitrogens with one attached hydrogen (secondary N) is 1. The Balaban J connectivity index is 1.49. The molecule has 168 valence electrons. The molecule has 7 nitrogen and oxygen atoms in total. The third-order valence-electron chi connectivity index (χ3n) is 5.22. The first-order chi connectivity index (χ1) is 14.7. The third-order valence-corrected chi connectivity index (χ3v) is 6.79. The number of aromatic nitrogens is 1. The number of carbonyl (C=O) groups is 2. The van der Waals surface area contributed by atoms with Crippen molar-refractivity contribution in [2.45, 2.75) is 26.9 Å². The van der Waals surface area contributed by atoms with Gasteiger partial charge in [-0.25, -0.2) is 4.98 Å². The first kappa shape index (κ1) is 23.9. The van der Waals surface area contributed by atoms with Crippen LogP contribution in [0.5, 0.6) is 0 Å². The minimum Gasteiger partial charge on any atom is -0.395 e. The van der Waals surface area contributed by atoms with Crippen molar-refractivity contribution in [2.75, 3.05) is 32.8 Å². The van der Waals surface area contributed by atoms with Gasteiger partial charge in [0, 0.05) is 42.8 Å². The number of piperazine rings is 1. The smallest absolute Gasteiger partial charge is 0.263 e. The van der Waals surface area contributed by atoms with Crippen LogP contribution in [-0.2, 0) is 17.9 Å². The number of nitrogens with zero attached hydrogens (tertiary/aromatic N) is 3. The van der Waals surface area contributed by atoms with Gasteiger partial charge in [-0.3, -0.25) is 14.5 Å². The lowest BCUT2D eigenvalue weighted by Gasteiger charge is -2.37. The molecule has 2 N–H and O–H groups in total. The first-order valence-electron chi connectivity index (χ1n) is 9.99. The maximum atomic E-state index is 12.5. The summed E-state index contributed by atoms with van der Waals surface area (Å²) in [5.74, 6) is -0.222. The lowest BCUT2D eigenvalue weighted by atomic mass is 9.92. The summed E-state index contributed by atoms with van der Waals surface area (Å²) in [6.07, 6.45) is 1.59. The molecule has 0 aliphatic carbocycles. The predicted octanol–water partition coefficient (Wildman–Crippen LogP) is 3.04. The Morgan fingerprint density at radius 1 is 1.23 bits per heavy atom. The van der Waals surface area contributed by atoms with Gasteiger partial charge in [0.15, 0.2) is 0 Å². The molecule has 1 fully saturated rings. The van der Waals surface area contributed by atoms with Crippen molar-refractivity contribution in [3.8, 4) is 0 Å². The van der Waals surface area contributed by atoms with Gasteiger partial charge in [0.1, 0.15) is 9.88 Å². The molecule has 2 amide bonds. The molecule has 10 heteroatoms. The minimum absolute atomic E-state index is 0.0244. The predicted molar refractivity (Wildman–Crippen MR) is 122 cm³/mol. The highest BCUT2D eigenvalue weighted by Crippen LogP contribution is 2.22. The quantitative estimate of drug-likeness (QED) is 0.630. The third kappa shape index (κ3) is 6.17. The number of hydrogen-bond donors (Lipinski definition) is 2. The summed E-state index contributed by atoms with van der Waals surface area (Å²) >= 11 is 13.4. The van der Waals surface area contributed by atoms with E-state index in [4.69, 9.17) is 23.2 Å². The van der Waals surface area contributed by atoms with Crippen LogP contribution in [0.2, 0.25) is 10.0 Å². The highest BCUT2D eigenvalue weighted by molar-refractivity contribution is 7.13. The molecular formula is C21H26Cl2N4O3S. The van der Waals surface area contributed by atoms with E-state index in [1.807, 2.05) is 0 Å². The Labute approximate surface area is 196 Å². The van der Waals surface area contributed by atoms with Crippen LogP contribution in [0.25, 0.3) is 0 Å². The molecule has 1 saturated heterocycles. The topological polar surface area (TPSA) is 85.8 Å². The van der Waals surface area contributed by atoms with Crippen LogP contribution in [0.4, 0.5) is 0 Å². The van der Waals surface area contributed by atoms with E-state index in [0.717, 1.165) is 23.7 Å². The van der Waals surface area contributed by atoms with E-state index in [9.17, 15) is 14.7 Å². The van der Waals surface area contributed by atoms with Crippen LogP contribution < -0.4 is 5.32 Å². The number of aliphatic hydroxyl groups is 1. The van der Waals surface area contributed by atoms with Gasteiger partial charge in [0.25, 0.3) is 5.91 Å². The molecule has 0 atom stereocenters. The van der Waals surface area contributed by atoms with E-state index in [-0.39, 0.29) is 18.4 Å². The number of aliphatic hydroxyl groups excluding tert-OH is 1. The lowest BCUT2D eigenvalue weighted by molar-refractivity contribution is -0.144. The van der Waals surface area contributed by atoms with E-state index in [2.05, 4.69) is 15.2 Å². The maximum Gasteiger partial charge on any atom is 0.263 e. The number of hydrogen-bond acceptors (Lipinski definition) is 6. The van der Waals surface area contributed by atoms with Crippen molar-refractivity contribution in [2.24, 2.45) is 5.41 Å². The fraction of sp³-hybridized carbons (Fsp3) is 0.476. The number of amides is 2. The molecule has 0 saturated carbocycles. The normalized spacial score (nSPS) is 15.2. The van der Waals surface area contributed by atoms with Crippen molar-refractivity contribution < 1.29 is 14.7 Å². The standard InChI is InChI=1S/C21H26Cl2N4O3S/c1-21(2,13-28)20(30)27-7-5-26(6-8-27)12-18-24-11-17(31-18)19(29)25-10-14-3-4-15(22)9-16(14)23/h3-4,9,11,28H,5-8,10,12-13H2,1-2H3,(H,25,29). The molecule has 3 rings (SSSR count). The fourth-order valence-corrected chi connectivity index (χ4v) is 4.56. The zero-order chi connectivity index (χ0) is 22.6. The lowest BCUT2D eigenvalue weighted by Crippen LogP contribution is -2.52. The molecule has 31 heavy (non-hydrogen) atoms. The maximum absolute atomic E-state index is 12.5. The van der Waals surface area contributed by atoms with Gasteiger partial charge in [-0.2, -0.15) is 0 Å². The molecule has 0 spiro atoms.